The molecule has 1 heterocycles. The summed E-state index contributed by atoms with van der Waals surface area (Å²) < 4.78 is 5.34. The highest BCUT2D eigenvalue weighted by Gasteiger charge is 2.22. The first-order chi connectivity index (χ1) is 5.61. The summed E-state index contributed by atoms with van der Waals surface area (Å²) in [6, 6.07) is 0. The Balaban J connectivity index is 2.46. The van der Waals surface area contributed by atoms with Crippen LogP contribution in [0.2, 0.25) is 0 Å². The van der Waals surface area contributed by atoms with Crippen molar-refractivity contribution in [1.82, 2.24) is 4.90 Å². The van der Waals surface area contributed by atoms with Gasteiger partial charge in [-0.3, -0.25) is 4.79 Å². The van der Waals surface area contributed by atoms with Gasteiger partial charge < -0.3 is 9.64 Å². The minimum absolute atomic E-state index is 0.107. The molecule has 1 saturated heterocycles. The molecule has 0 aromatic rings. The van der Waals surface area contributed by atoms with E-state index < -0.39 is 0 Å². The van der Waals surface area contributed by atoms with Gasteiger partial charge in [0.25, 0.3) is 0 Å². The van der Waals surface area contributed by atoms with Crippen LogP contribution in [0, 0.1) is 5.92 Å². The summed E-state index contributed by atoms with van der Waals surface area (Å²) in [6.07, 6.45) is 0.196. The van der Waals surface area contributed by atoms with Gasteiger partial charge in [0.15, 0.2) is 0 Å². The van der Waals surface area contributed by atoms with Crippen LogP contribution in [0.3, 0.4) is 0 Å². The maximum Gasteiger partial charge on any atom is 0.225 e. The van der Waals surface area contributed by atoms with E-state index >= 15 is 0 Å². The highest BCUT2D eigenvalue weighted by molar-refractivity contribution is 5.78. The first-order valence-electron chi connectivity index (χ1n) is 4.51. The quantitative estimate of drug-likeness (QED) is 0.586. The van der Waals surface area contributed by atoms with E-state index in [1.807, 2.05) is 25.7 Å². The topological polar surface area (TPSA) is 29.5 Å². The summed E-state index contributed by atoms with van der Waals surface area (Å²) in [6.45, 7) is 8.04. The summed E-state index contributed by atoms with van der Waals surface area (Å²) in [5, 5.41) is 0. The maximum atomic E-state index is 11.5. The van der Waals surface area contributed by atoms with Crippen LogP contribution in [-0.2, 0) is 9.53 Å². The van der Waals surface area contributed by atoms with Gasteiger partial charge in [0.1, 0.15) is 0 Å². The van der Waals surface area contributed by atoms with Gasteiger partial charge in [-0.2, -0.15) is 0 Å². The van der Waals surface area contributed by atoms with Crippen LogP contribution in [0.5, 0.6) is 0 Å². The first kappa shape index (κ1) is 9.52. The number of hydrogen-bond acceptors (Lipinski definition) is 2. The number of amides is 1. The molecule has 0 aromatic carbocycles. The first-order valence-corrected chi connectivity index (χ1v) is 4.51. The van der Waals surface area contributed by atoms with E-state index in [1.165, 1.54) is 0 Å². The molecule has 12 heavy (non-hydrogen) atoms. The van der Waals surface area contributed by atoms with Crippen molar-refractivity contribution in [3.8, 4) is 0 Å². The fraction of sp³-hybridized carbons (Fsp3) is 0.889. The number of hydrogen-bond donors (Lipinski definition) is 0. The lowest BCUT2D eigenvalue weighted by molar-refractivity contribution is -0.141. The van der Waals surface area contributed by atoms with E-state index in [-0.39, 0.29) is 17.9 Å². The largest absolute Gasteiger partial charge is 0.375 e. The minimum atomic E-state index is 0.107. The molecule has 0 aromatic heterocycles. The summed E-state index contributed by atoms with van der Waals surface area (Å²) in [4.78, 5) is 13.4. The predicted molar refractivity (Wildman–Crippen MR) is 46.8 cm³/mol. The molecule has 0 radical (unpaired) electrons. The van der Waals surface area contributed by atoms with Crippen molar-refractivity contribution in [3.63, 3.8) is 0 Å². The third-order valence-electron chi connectivity index (χ3n) is 2.05. The van der Waals surface area contributed by atoms with Crippen LogP contribution >= 0.6 is 0 Å². The lowest BCUT2D eigenvalue weighted by Gasteiger charge is -2.32. The normalized spacial score (nSPS) is 24.7. The number of carbonyl (C=O) groups excluding carboxylic acids is 1. The average molecular weight is 171 g/mol. The van der Waals surface area contributed by atoms with Gasteiger partial charge in [0.05, 0.1) is 12.7 Å². The molecular formula is C9H17NO2. The molecule has 0 spiro atoms. The van der Waals surface area contributed by atoms with Gasteiger partial charge >= 0.3 is 0 Å². The Morgan fingerprint density at radius 1 is 1.58 bits per heavy atom. The van der Waals surface area contributed by atoms with Gasteiger partial charge in [-0.1, -0.05) is 13.8 Å². The zero-order valence-electron chi connectivity index (χ0n) is 8.04. The van der Waals surface area contributed by atoms with E-state index in [4.69, 9.17) is 4.74 Å². The van der Waals surface area contributed by atoms with E-state index in [0.717, 1.165) is 13.1 Å². The molecule has 0 N–H and O–H groups in total. The Morgan fingerprint density at radius 3 is 2.75 bits per heavy atom. The molecule has 1 rings (SSSR count). The highest BCUT2D eigenvalue weighted by Crippen LogP contribution is 2.08. The molecule has 1 atom stereocenters. The third kappa shape index (κ3) is 2.21. The number of nitrogens with zero attached hydrogens (tertiary/aromatic N) is 1. The number of rotatable bonds is 1. The second-order valence-electron chi connectivity index (χ2n) is 3.62. The molecular weight excluding hydrogens is 154 g/mol. The van der Waals surface area contributed by atoms with Crippen molar-refractivity contribution in [2.45, 2.75) is 26.9 Å². The van der Waals surface area contributed by atoms with Gasteiger partial charge in [0, 0.05) is 19.0 Å². The van der Waals surface area contributed by atoms with Crippen molar-refractivity contribution >= 4 is 5.91 Å². The Labute approximate surface area is 73.7 Å². The number of carbonyl (C=O) groups is 1. The van der Waals surface area contributed by atoms with Crippen LogP contribution in [0.1, 0.15) is 20.8 Å². The molecule has 1 amide bonds. The van der Waals surface area contributed by atoms with Gasteiger partial charge in [-0.15, -0.1) is 0 Å². The zero-order chi connectivity index (χ0) is 9.14. The second kappa shape index (κ2) is 3.90. The Kier molecular flexibility index (Phi) is 3.09. The van der Waals surface area contributed by atoms with Gasteiger partial charge in [0.2, 0.25) is 5.91 Å². The van der Waals surface area contributed by atoms with Crippen molar-refractivity contribution < 1.29 is 9.53 Å². The molecule has 1 aliphatic rings. The van der Waals surface area contributed by atoms with Crippen LogP contribution in [0.25, 0.3) is 0 Å². The van der Waals surface area contributed by atoms with E-state index in [0.29, 0.717) is 6.61 Å². The molecule has 0 unspecified atom stereocenters. The molecule has 1 fully saturated rings. The Bertz CT molecular complexity index is 168. The van der Waals surface area contributed by atoms with E-state index in [2.05, 4.69) is 0 Å². The number of ether oxygens (including phenoxy) is 1. The van der Waals surface area contributed by atoms with Crippen LogP contribution in [0.15, 0.2) is 0 Å². The SMILES string of the molecule is CC(C)C(=O)N1CCO[C@H](C)C1. The lowest BCUT2D eigenvalue weighted by Crippen LogP contribution is -2.46. The minimum Gasteiger partial charge on any atom is -0.375 e. The van der Waals surface area contributed by atoms with E-state index in [9.17, 15) is 4.79 Å². The maximum absolute atomic E-state index is 11.5. The molecule has 0 aliphatic carbocycles. The highest BCUT2D eigenvalue weighted by atomic mass is 16.5. The van der Waals surface area contributed by atoms with Crippen molar-refractivity contribution in [2.75, 3.05) is 19.7 Å². The molecule has 0 saturated carbocycles. The fourth-order valence-electron chi connectivity index (χ4n) is 1.38. The third-order valence-corrected chi connectivity index (χ3v) is 2.05. The summed E-state index contributed by atoms with van der Waals surface area (Å²) in [7, 11) is 0. The lowest BCUT2D eigenvalue weighted by atomic mass is 10.1. The second-order valence-corrected chi connectivity index (χ2v) is 3.62. The molecule has 70 valence electrons. The zero-order valence-corrected chi connectivity index (χ0v) is 8.04. The number of morpholine rings is 1. The van der Waals surface area contributed by atoms with Crippen molar-refractivity contribution in [2.24, 2.45) is 5.92 Å². The van der Waals surface area contributed by atoms with Gasteiger partial charge in [-0.05, 0) is 6.92 Å². The molecule has 3 heteroatoms. The summed E-state index contributed by atoms with van der Waals surface area (Å²) in [5.41, 5.74) is 0. The smallest absolute Gasteiger partial charge is 0.225 e. The molecule has 3 nitrogen and oxygen atoms in total. The Hall–Kier alpha value is -0.570. The van der Waals surface area contributed by atoms with Crippen LogP contribution in [-0.4, -0.2) is 36.6 Å². The fourth-order valence-corrected chi connectivity index (χ4v) is 1.38. The standard InChI is InChI=1S/C9H17NO2/c1-7(2)9(11)10-4-5-12-8(3)6-10/h7-8H,4-6H2,1-3H3/t8-/m1/s1. The average Bonchev–Trinajstić information content (AvgIpc) is 2.03. The monoisotopic (exact) mass is 171 g/mol. The van der Waals surface area contributed by atoms with Crippen molar-refractivity contribution in [1.29, 1.82) is 0 Å². The van der Waals surface area contributed by atoms with Crippen LogP contribution < -0.4 is 0 Å². The summed E-state index contributed by atoms with van der Waals surface area (Å²) >= 11 is 0. The summed E-state index contributed by atoms with van der Waals surface area (Å²) in [5.74, 6) is 0.348. The molecule has 1 aliphatic heterocycles. The van der Waals surface area contributed by atoms with Crippen molar-refractivity contribution in [3.05, 3.63) is 0 Å². The predicted octanol–water partition coefficient (Wildman–Crippen LogP) is 0.890. The Morgan fingerprint density at radius 2 is 2.25 bits per heavy atom. The van der Waals surface area contributed by atoms with Gasteiger partial charge in [-0.25, -0.2) is 0 Å². The van der Waals surface area contributed by atoms with Crippen LogP contribution in [0.4, 0.5) is 0 Å². The molecule has 0 bridgehead atoms. The van der Waals surface area contributed by atoms with E-state index in [1.54, 1.807) is 0 Å².